The summed E-state index contributed by atoms with van der Waals surface area (Å²) in [7, 11) is 0. The zero-order chi connectivity index (χ0) is 22.8. The van der Waals surface area contributed by atoms with E-state index in [1.807, 2.05) is 0 Å². The van der Waals surface area contributed by atoms with E-state index in [2.05, 4.69) is 20.8 Å². The van der Waals surface area contributed by atoms with Crippen LogP contribution in [0.4, 0.5) is 0 Å². The van der Waals surface area contributed by atoms with E-state index < -0.39 is 0 Å². The van der Waals surface area contributed by atoms with E-state index in [9.17, 15) is 4.79 Å². The lowest BCUT2D eigenvalue weighted by atomic mass is 9.97. The number of unbranched alkanes of at least 4 members (excludes halogenated alkanes) is 18. The van der Waals surface area contributed by atoms with Crippen LogP contribution < -0.4 is 0 Å². The molecule has 0 radical (unpaired) electrons. The van der Waals surface area contributed by atoms with Crippen molar-refractivity contribution in [3.05, 3.63) is 0 Å². The van der Waals surface area contributed by atoms with Gasteiger partial charge in [0.2, 0.25) is 0 Å². The van der Waals surface area contributed by atoms with Crippen molar-refractivity contribution in [2.45, 2.75) is 168 Å². The van der Waals surface area contributed by atoms with Gasteiger partial charge >= 0.3 is 5.97 Å². The molecule has 2 heteroatoms. The molecular weight excluding hydrogens is 380 g/mol. The Bertz CT molecular complexity index is 353. The highest BCUT2D eigenvalue weighted by Gasteiger charge is 2.08. The fourth-order valence-electron chi connectivity index (χ4n) is 4.34. The molecule has 0 saturated carbocycles. The smallest absolute Gasteiger partial charge is 0.305 e. The van der Waals surface area contributed by atoms with Gasteiger partial charge in [0.1, 0.15) is 0 Å². The molecule has 0 rings (SSSR count). The Morgan fingerprint density at radius 1 is 0.548 bits per heavy atom. The summed E-state index contributed by atoms with van der Waals surface area (Å²) in [6.07, 6.45) is 30.0. The van der Waals surface area contributed by atoms with Crippen molar-refractivity contribution in [3.63, 3.8) is 0 Å². The third-order valence-corrected chi connectivity index (χ3v) is 6.65. The lowest BCUT2D eigenvalue weighted by molar-refractivity contribution is -0.144. The standard InChI is InChI=1S/C29H58O2/c1-4-6-8-10-12-13-14-15-16-17-18-19-21-23-27-31-29(30)26-25-28(3)24-22-20-11-9-7-5-2/h28H,4-27H2,1-3H3/t28-/m0/s1. The van der Waals surface area contributed by atoms with Gasteiger partial charge in [-0.15, -0.1) is 0 Å². The number of rotatable bonds is 25. The number of ether oxygens (including phenoxy) is 1. The van der Waals surface area contributed by atoms with Gasteiger partial charge in [-0.05, 0) is 18.8 Å². The van der Waals surface area contributed by atoms with Crippen molar-refractivity contribution in [2.24, 2.45) is 5.92 Å². The zero-order valence-electron chi connectivity index (χ0n) is 21.9. The fourth-order valence-corrected chi connectivity index (χ4v) is 4.34. The Morgan fingerprint density at radius 3 is 1.39 bits per heavy atom. The van der Waals surface area contributed by atoms with Crippen molar-refractivity contribution >= 4 is 5.97 Å². The molecule has 186 valence electrons. The highest BCUT2D eigenvalue weighted by Crippen LogP contribution is 2.17. The zero-order valence-corrected chi connectivity index (χ0v) is 21.9. The van der Waals surface area contributed by atoms with Crippen LogP contribution in [0.25, 0.3) is 0 Å². The SMILES string of the molecule is CCCCCCCCCCCCCCCCOC(=O)CC[C@@H](C)CCCCCCCC. The maximum Gasteiger partial charge on any atom is 0.305 e. The van der Waals surface area contributed by atoms with Crippen LogP contribution in [0.2, 0.25) is 0 Å². The summed E-state index contributed by atoms with van der Waals surface area (Å²) in [6.45, 7) is 7.46. The average molecular weight is 439 g/mol. The summed E-state index contributed by atoms with van der Waals surface area (Å²) in [5, 5.41) is 0. The summed E-state index contributed by atoms with van der Waals surface area (Å²) >= 11 is 0. The second-order valence-electron chi connectivity index (χ2n) is 10.0. The minimum absolute atomic E-state index is 0.0180. The van der Waals surface area contributed by atoms with E-state index >= 15 is 0 Å². The molecule has 0 amide bonds. The molecule has 0 aromatic heterocycles. The molecule has 0 aromatic carbocycles. The molecule has 0 fully saturated rings. The highest BCUT2D eigenvalue weighted by atomic mass is 16.5. The van der Waals surface area contributed by atoms with E-state index in [1.54, 1.807) is 0 Å². The van der Waals surface area contributed by atoms with Crippen molar-refractivity contribution in [2.75, 3.05) is 6.61 Å². The fraction of sp³-hybridized carbons (Fsp3) is 0.966. The predicted octanol–water partition coefficient (Wildman–Crippen LogP) is 10.2. The summed E-state index contributed by atoms with van der Waals surface area (Å²) in [4.78, 5) is 11.9. The van der Waals surface area contributed by atoms with Crippen molar-refractivity contribution in [3.8, 4) is 0 Å². The van der Waals surface area contributed by atoms with Crippen LogP contribution in [0, 0.1) is 5.92 Å². The summed E-state index contributed by atoms with van der Waals surface area (Å²) in [5.74, 6) is 0.671. The first-order chi connectivity index (χ1) is 15.2. The molecule has 0 spiro atoms. The van der Waals surface area contributed by atoms with Gasteiger partial charge in [-0.25, -0.2) is 0 Å². The topological polar surface area (TPSA) is 26.3 Å². The molecule has 2 nitrogen and oxygen atoms in total. The number of esters is 1. The predicted molar refractivity (Wildman–Crippen MR) is 138 cm³/mol. The molecule has 0 saturated heterocycles. The molecule has 0 aliphatic carbocycles. The van der Waals surface area contributed by atoms with Crippen LogP contribution in [0.1, 0.15) is 168 Å². The minimum Gasteiger partial charge on any atom is -0.466 e. The van der Waals surface area contributed by atoms with Crippen LogP contribution >= 0.6 is 0 Å². The Morgan fingerprint density at radius 2 is 0.935 bits per heavy atom. The van der Waals surface area contributed by atoms with Crippen LogP contribution in [-0.2, 0) is 9.53 Å². The monoisotopic (exact) mass is 438 g/mol. The maximum absolute atomic E-state index is 11.9. The van der Waals surface area contributed by atoms with E-state index in [0.717, 1.165) is 12.8 Å². The Kier molecular flexibility index (Phi) is 25.3. The van der Waals surface area contributed by atoms with E-state index in [-0.39, 0.29) is 5.97 Å². The molecular formula is C29H58O2. The van der Waals surface area contributed by atoms with Crippen LogP contribution in [0.3, 0.4) is 0 Å². The lowest BCUT2D eigenvalue weighted by Crippen LogP contribution is -2.08. The van der Waals surface area contributed by atoms with Gasteiger partial charge in [-0.3, -0.25) is 4.79 Å². The summed E-state index contributed by atoms with van der Waals surface area (Å²) < 4.78 is 5.43. The lowest BCUT2D eigenvalue weighted by Gasteiger charge is -2.11. The number of hydrogen-bond donors (Lipinski definition) is 0. The third-order valence-electron chi connectivity index (χ3n) is 6.65. The highest BCUT2D eigenvalue weighted by molar-refractivity contribution is 5.69. The molecule has 0 unspecified atom stereocenters. The Hall–Kier alpha value is -0.530. The van der Waals surface area contributed by atoms with Crippen LogP contribution in [0.5, 0.6) is 0 Å². The van der Waals surface area contributed by atoms with Gasteiger partial charge in [0.25, 0.3) is 0 Å². The largest absolute Gasteiger partial charge is 0.466 e. The number of hydrogen-bond acceptors (Lipinski definition) is 2. The van der Waals surface area contributed by atoms with Gasteiger partial charge in [-0.2, -0.15) is 0 Å². The van der Waals surface area contributed by atoms with Crippen molar-refractivity contribution in [1.29, 1.82) is 0 Å². The average Bonchev–Trinajstić information content (AvgIpc) is 2.77. The van der Waals surface area contributed by atoms with Gasteiger partial charge in [0.15, 0.2) is 0 Å². The molecule has 1 atom stereocenters. The van der Waals surface area contributed by atoms with Gasteiger partial charge in [0, 0.05) is 6.42 Å². The third kappa shape index (κ3) is 25.6. The maximum atomic E-state index is 11.9. The first kappa shape index (κ1) is 30.5. The minimum atomic E-state index is 0.0180. The molecule has 0 aliphatic rings. The Balaban J connectivity index is 3.25. The van der Waals surface area contributed by atoms with E-state index in [0.29, 0.717) is 18.9 Å². The number of carbonyl (C=O) groups is 1. The van der Waals surface area contributed by atoms with Crippen LogP contribution in [-0.4, -0.2) is 12.6 Å². The van der Waals surface area contributed by atoms with E-state index in [1.165, 1.54) is 128 Å². The normalized spacial score (nSPS) is 12.2. The molecule has 0 heterocycles. The molecule has 0 aliphatic heterocycles. The van der Waals surface area contributed by atoms with Gasteiger partial charge in [-0.1, -0.05) is 149 Å². The number of carbonyl (C=O) groups excluding carboxylic acids is 1. The molecule has 0 N–H and O–H groups in total. The Labute approximate surface area is 196 Å². The van der Waals surface area contributed by atoms with Crippen LogP contribution in [0.15, 0.2) is 0 Å². The quantitative estimate of drug-likeness (QED) is 0.105. The second-order valence-corrected chi connectivity index (χ2v) is 10.0. The van der Waals surface area contributed by atoms with E-state index in [4.69, 9.17) is 4.74 Å². The molecule has 0 aromatic rings. The summed E-state index contributed by atoms with van der Waals surface area (Å²) in [6, 6.07) is 0. The van der Waals surface area contributed by atoms with Gasteiger partial charge < -0.3 is 4.74 Å². The van der Waals surface area contributed by atoms with Gasteiger partial charge in [0.05, 0.1) is 6.61 Å². The summed E-state index contributed by atoms with van der Waals surface area (Å²) in [5.41, 5.74) is 0. The molecule has 31 heavy (non-hydrogen) atoms. The molecule has 0 bridgehead atoms. The second kappa shape index (κ2) is 25.7. The van der Waals surface area contributed by atoms with Crippen molar-refractivity contribution in [1.82, 2.24) is 0 Å². The van der Waals surface area contributed by atoms with Crippen molar-refractivity contribution < 1.29 is 9.53 Å². The first-order valence-corrected chi connectivity index (χ1v) is 14.4. The first-order valence-electron chi connectivity index (χ1n) is 14.4.